The zero-order valence-electron chi connectivity index (χ0n) is 16.7. The van der Waals surface area contributed by atoms with Crippen molar-refractivity contribution in [3.63, 3.8) is 0 Å². The van der Waals surface area contributed by atoms with Crippen LogP contribution in [0.4, 0.5) is 11.6 Å². The van der Waals surface area contributed by atoms with Crippen LogP contribution < -0.4 is 10.2 Å². The zero-order chi connectivity index (χ0) is 20.5. The number of rotatable bonds is 4. The van der Waals surface area contributed by atoms with Gasteiger partial charge in [-0.2, -0.15) is 0 Å². The molecule has 0 aliphatic carbocycles. The number of aliphatic hydroxyl groups excluding tert-OH is 1. The van der Waals surface area contributed by atoms with Gasteiger partial charge in [-0.1, -0.05) is 11.2 Å². The van der Waals surface area contributed by atoms with E-state index in [0.29, 0.717) is 12.5 Å². The first kappa shape index (κ1) is 18.6. The first-order valence-corrected chi connectivity index (χ1v) is 10.2. The van der Waals surface area contributed by atoms with E-state index in [0.717, 1.165) is 58.6 Å². The minimum Gasteiger partial charge on any atom is -0.391 e. The summed E-state index contributed by atoms with van der Waals surface area (Å²) in [6.45, 7) is 1.65. The topological polar surface area (TPSA) is 87.3 Å². The molecule has 1 unspecified atom stereocenters. The monoisotopic (exact) mass is 401 g/mol. The van der Waals surface area contributed by atoms with Crippen LogP contribution in [-0.2, 0) is 0 Å². The van der Waals surface area contributed by atoms with Crippen molar-refractivity contribution in [2.24, 2.45) is 0 Å². The third kappa shape index (κ3) is 3.48. The van der Waals surface area contributed by atoms with E-state index in [-0.39, 0.29) is 6.10 Å². The molecule has 1 aliphatic heterocycles. The number of β-amino-alcohol motifs (C(OH)–C–C–N with tert-alkyl or cyclic N) is 1. The molecule has 1 aliphatic rings. The van der Waals surface area contributed by atoms with E-state index in [1.807, 2.05) is 30.3 Å². The van der Waals surface area contributed by atoms with Crippen molar-refractivity contribution in [1.29, 1.82) is 0 Å². The van der Waals surface area contributed by atoms with Crippen molar-refractivity contribution in [3.8, 4) is 22.6 Å². The van der Waals surface area contributed by atoms with Crippen LogP contribution in [-0.4, -0.2) is 46.5 Å². The lowest BCUT2D eigenvalue weighted by Gasteiger charge is -2.32. The molecule has 4 aromatic rings. The molecule has 7 heteroatoms. The van der Waals surface area contributed by atoms with Crippen molar-refractivity contribution in [1.82, 2.24) is 15.1 Å². The molecule has 0 amide bonds. The summed E-state index contributed by atoms with van der Waals surface area (Å²) in [6, 6.07) is 16.1. The van der Waals surface area contributed by atoms with E-state index in [1.165, 1.54) is 0 Å². The Hall–Kier alpha value is -3.45. The highest BCUT2D eigenvalue weighted by Gasteiger charge is 2.18. The molecule has 2 aromatic carbocycles. The van der Waals surface area contributed by atoms with Gasteiger partial charge in [0.25, 0.3) is 0 Å². The van der Waals surface area contributed by atoms with Crippen LogP contribution in [0.15, 0.2) is 59.3 Å². The fraction of sp³-hybridized carbons (Fsp3) is 0.261. The molecule has 0 saturated carbocycles. The van der Waals surface area contributed by atoms with Crippen LogP contribution in [0.2, 0.25) is 0 Å². The SMILES string of the molecule is CNc1nccc(-c2ccc3noc(-c4ccc(N5CCCC(O)C5)cc4)c3c2)n1. The van der Waals surface area contributed by atoms with Crippen LogP contribution in [0.3, 0.4) is 0 Å². The first-order valence-electron chi connectivity index (χ1n) is 10.2. The number of nitrogens with one attached hydrogen (secondary N) is 1. The number of nitrogens with zero attached hydrogens (tertiary/aromatic N) is 4. The van der Waals surface area contributed by atoms with Gasteiger partial charge in [0.05, 0.1) is 17.2 Å². The number of aliphatic hydroxyl groups is 1. The largest absolute Gasteiger partial charge is 0.391 e. The summed E-state index contributed by atoms with van der Waals surface area (Å²) in [6.07, 6.45) is 3.38. The Morgan fingerprint density at radius 2 is 1.93 bits per heavy atom. The maximum Gasteiger partial charge on any atom is 0.222 e. The second kappa shape index (κ2) is 7.76. The van der Waals surface area contributed by atoms with Gasteiger partial charge in [-0.05, 0) is 55.3 Å². The van der Waals surface area contributed by atoms with Crippen molar-refractivity contribution in [2.45, 2.75) is 18.9 Å². The van der Waals surface area contributed by atoms with Crippen LogP contribution in [0.25, 0.3) is 33.5 Å². The number of anilines is 2. The highest BCUT2D eigenvalue weighted by molar-refractivity contribution is 5.94. The fourth-order valence-electron chi connectivity index (χ4n) is 3.96. The fourth-order valence-corrected chi connectivity index (χ4v) is 3.96. The maximum atomic E-state index is 9.94. The molecule has 7 nitrogen and oxygen atoms in total. The van der Waals surface area contributed by atoms with Crippen LogP contribution in [0.1, 0.15) is 12.8 Å². The van der Waals surface area contributed by atoms with Gasteiger partial charge in [-0.25, -0.2) is 9.97 Å². The number of piperidine rings is 1. The quantitative estimate of drug-likeness (QED) is 0.535. The molecule has 1 saturated heterocycles. The van der Waals surface area contributed by atoms with Gasteiger partial charge >= 0.3 is 0 Å². The van der Waals surface area contributed by atoms with E-state index in [4.69, 9.17) is 4.52 Å². The molecule has 3 heterocycles. The lowest BCUT2D eigenvalue weighted by molar-refractivity contribution is 0.154. The van der Waals surface area contributed by atoms with Gasteiger partial charge in [0.15, 0.2) is 5.76 Å². The third-order valence-corrected chi connectivity index (χ3v) is 5.54. The maximum absolute atomic E-state index is 9.94. The number of fused-ring (bicyclic) bond motifs is 1. The molecule has 0 radical (unpaired) electrons. The van der Waals surface area contributed by atoms with E-state index >= 15 is 0 Å². The Morgan fingerprint density at radius 1 is 1.10 bits per heavy atom. The molecule has 0 bridgehead atoms. The molecule has 0 spiro atoms. The molecule has 5 rings (SSSR count). The second-order valence-corrected chi connectivity index (χ2v) is 7.55. The predicted octanol–water partition coefficient (Wildman–Crippen LogP) is 3.95. The highest BCUT2D eigenvalue weighted by Crippen LogP contribution is 2.33. The molecule has 1 atom stereocenters. The minimum absolute atomic E-state index is 0.250. The van der Waals surface area contributed by atoms with Crippen molar-refractivity contribution in [3.05, 3.63) is 54.7 Å². The smallest absolute Gasteiger partial charge is 0.222 e. The normalized spacial score (nSPS) is 16.7. The minimum atomic E-state index is -0.250. The Balaban J connectivity index is 1.48. The Kier molecular flexibility index (Phi) is 4.80. The lowest BCUT2D eigenvalue weighted by Crippen LogP contribution is -2.38. The van der Waals surface area contributed by atoms with Gasteiger partial charge in [-0.15, -0.1) is 0 Å². The molecule has 2 N–H and O–H groups in total. The number of aromatic nitrogens is 3. The zero-order valence-corrected chi connectivity index (χ0v) is 16.7. The lowest BCUT2D eigenvalue weighted by atomic mass is 10.0. The van der Waals surface area contributed by atoms with E-state index in [9.17, 15) is 5.11 Å². The number of benzene rings is 2. The van der Waals surface area contributed by atoms with E-state index in [2.05, 4.69) is 43.5 Å². The van der Waals surface area contributed by atoms with Crippen LogP contribution in [0, 0.1) is 0 Å². The first-order chi connectivity index (χ1) is 14.7. The summed E-state index contributed by atoms with van der Waals surface area (Å²) in [5, 5.41) is 18.1. The summed E-state index contributed by atoms with van der Waals surface area (Å²) in [4.78, 5) is 10.9. The van der Waals surface area contributed by atoms with E-state index in [1.54, 1.807) is 13.2 Å². The average molecular weight is 401 g/mol. The van der Waals surface area contributed by atoms with Gasteiger partial charge in [-0.3, -0.25) is 0 Å². The molecule has 152 valence electrons. The summed E-state index contributed by atoms with van der Waals surface area (Å²) < 4.78 is 5.69. The second-order valence-electron chi connectivity index (χ2n) is 7.55. The van der Waals surface area contributed by atoms with Crippen molar-refractivity contribution < 1.29 is 9.63 Å². The summed E-state index contributed by atoms with van der Waals surface area (Å²) >= 11 is 0. The van der Waals surface area contributed by atoms with Crippen LogP contribution >= 0.6 is 0 Å². The number of hydrogen-bond acceptors (Lipinski definition) is 7. The molecular formula is C23H23N5O2. The molecule has 2 aromatic heterocycles. The summed E-state index contributed by atoms with van der Waals surface area (Å²) in [5.41, 5.74) is 4.70. The Labute approximate surface area is 174 Å². The van der Waals surface area contributed by atoms with Crippen LogP contribution in [0.5, 0.6) is 0 Å². The molecule has 30 heavy (non-hydrogen) atoms. The third-order valence-electron chi connectivity index (χ3n) is 5.54. The summed E-state index contributed by atoms with van der Waals surface area (Å²) in [5.74, 6) is 1.32. The summed E-state index contributed by atoms with van der Waals surface area (Å²) in [7, 11) is 1.80. The molecule has 1 fully saturated rings. The van der Waals surface area contributed by atoms with Crippen molar-refractivity contribution in [2.75, 3.05) is 30.4 Å². The van der Waals surface area contributed by atoms with Crippen molar-refractivity contribution >= 4 is 22.5 Å². The van der Waals surface area contributed by atoms with Gasteiger partial charge in [0.1, 0.15) is 5.52 Å². The number of hydrogen-bond donors (Lipinski definition) is 2. The van der Waals surface area contributed by atoms with Gasteiger partial charge < -0.3 is 19.8 Å². The highest BCUT2D eigenvalue weighted by atomic mass is 16.5. The predicted molar refractivity (Wildman–Crippen MR) is 117 cm³/mol. The Bertz CT molecular complexity index is 1170. The van der Waals surface area contributed by atoms with Gasteiger partial charge in [0.2, 0.25) is 5.95 Å². The molecular weight excluding hydrogens is 378 g/mol. The standard InChI is InChI=1S/C23H23N5O2/c1-24-23-25-11-10-20(26-23)16-6-9-21-19(13-16)22(30-27-21)15-4-7-17(8-5-15)28-12-2-3-18(29)14-28/h4-11,13,18,29H,2-3,12,14H2,1H3,(H,24,25,26). The van der Waals surface area contributed by atoms with E-state index < -0.39 is 0 Å². The average Bonchev–Trinajstić information content (AvgIpc) is 3.22. The Morgan fingerprint density at radius 3 is 2.73 bits per heavy atom. The van der Waals surface area contributed by atoms with Gasteiger partial charge in [0, 0.05) is 43.1 Å².